The van der Waals surface area contributed by atoms with Crippen LogP contribution in [-0.2, 0) is 4.79 Å². The van der Waals surface area contributed by atoms with Crippen LogP contribution in [0.15, 0.2) is 54.6 Å². The minimum absolute atomic E-state index is 0.0422. The summed E-state index contributed by atoms with van der Waals surface area (Å²) in [5.41, 5.74) is 3.88. The molecule has 162 valence electrons. The van der Waals surface area contributed by atoms with E-state index < -0.39 is 0 Å². The minimum Gasteiger partial charge on any atom is -0.494 e. The minimum atomic E-state index is -0.209. The number of amides is 1. The fourth-order valence-corrected chi connectivity index (χ4v) is 3.00. The predicted molar refractivity (Wildman–Crippen MR) is 119 cm³/mol. The third kappa shape index (κ3) is 6.99. The molecule has 3 aromatic rings. The Morgan fingerprint density at radius 3 is 2.26 bits per heavy atom. The van der Waals surface area contributed by atoms with Crippen molar-refractivity contribution in [2.75, 3.05) is 26.4 Å². The standard InChI is InChI=1S/C24H27N3O4/c1-4-29-20-7-5-19(6-8-20)22-9-10-24(27-26-22)30-12-11-25-23(28)16-31-21-14-17(2)13-18(3)15-21/h5-10,13-15H,4,11-12,16H2,1-3H3,(H,25,28). The van der Waals surface area contributed by atoms with Gasteiger partial charge in [-0.3, -0.25) is 4.79 Å². The van der Waals surface area contributed by atoms with Crippen LogP contribution in [0.4, 0.5) is 0 Å². The van der Waals surface area contributed by atoms with Crippen molar-refractivity contribution in [2.24, 2.45) is 0 Å². The second kappa shape index (κ2) is 11.0. The molecule has 2 aromatic carbocycles. The van der Waals surface area contributed by atoms with Gasteiger partial charge < -0.3 is 19.5 Å². The van der Waals surface area contributed by atoms with Crippen molar-refractivity contribution in [3.8, 4) is 28.6 Å². The number of aryl methyl sites for hydroxylation is 2. The van der Waals surface area contributed by atoms with E-state index in [4.69, 9.17) is 14.2 Å². The normalized spacial score (nSPS) is 10.4. The van der Waals surface area contributed by atoms with E-state index in [2.05, 4.69) is 21.6 Å². The van der Waals surface area contributed by atoms with Gasteiger partial charge in [0.2, 0.25) is 5.88 Å². The third-order valence-electron chi connectivity index (χ3n) is 4.34. The highest BCUT2D eigenvalue weighted by Gasteiger charge is 2.05. The molecule has 0 aliphatic rings. The zero-order valence-corrected chi connectivity index (χ0v) is 18.1. The molecule has 0 saturated heterocycles. The van der Waals surface area contributed by atoms with Crippen molar-refractivity contribution >= 4 is 5.91 Å². The molecule has 0 aliphatic carbocycles. The first-order chi connectivity index (χ1) is 15.0. The first-order valence-corrected chi connectivity index (χ1v) is 10.2. The zero-order chi connectivity index (χ0) is 22.1. The van der Waals surface area contributed by atoms with Crippen molar-refractivity contribution < 1.29 is 19.0 Å². The molecular weight excluding hydrogens is 394 g/mol. The highest BCUT2D eigenvalue weighted by molar-refractivity contribution is 5.77. The number of carbonyl (C=O) groups is 1. The van der Waals surface area contributed by atoms with Gasteiger partial charge in [0, 0.05) is 11.6 Å². The lowest BCUT2D eigenvalue weighted by molar-refractivity contribution is -0.123. The maximum atomic E-state index is 11.9. The molecule has 0 radical (unpaired) electrons. The summed E-state index contributed by atoms with van der Waals surface area (Å²) < 4.78 is 16.5. The summed E-state index contributed by atoms with van der Waals surface area (Å²) in [6, 6.07) is 17.1. The van der Waals surface area contributed by atoms with Gasteiger partial charge in [0.25, 0.3) is 5.91 Å². The molecule has 0 bridgehead atoms. The first-order valence-electron chi connectivity index (χ1n) is 10.2. The Kier molecular flexibility index (Phi) is 7.81. The number of aromatic nitrogens is 2. The molecule has 7 heteroatoms. The van der Waals surface area contributed by atoms with E-state index in [1.165, 1.54) is 0 Å². The van der Waals surface area contributed by atoms with Crippen LogP contribution in [0.25, 0.3) is 11.3 Å². The fraction of sp³-hybridized carbons (Fsp3) is 0.292. The molecule has 1 N–H and O–H groups in total. The van der Waals surface area contributed by atoms with Crippen molar-refractivity contribution in [3.63, 3.8) is 0 Å². The van der Waals surface area contributed by atoms with Gasteiger partial charge in [-0.25, -0.2) is 0 Å². The number of ether oxygens (including phenoxy) is 3. The molecule has 1 amide bonds. The van der Waals surface area contributed by atoms with Crippen LogP contribution in [0.5, 0.6) is 17.4 Å². The van der Waals surface area contributed by atoms with Crippen molar-refractivity contribution in [1.29, 1.82) is 0 Å². The molecule has 31 heavy (non-hydrogen) atoms. The Morgan fingerprint density at radius 1 is 0.871 bits per heavy atom. The van der Waals surface area contributed by atoms with E-state index in [1.54, 1.807) is 6.07 Å². The molecule has 0 atom stereocenters. The molecule has 1 heterocycles. The van der Waals surface area contributed by atoms with Crippen LogP contribution in [0, 0.1) is 13.8 Å². The van der Waals surface area contributed by atoms with E-state index >= 15 is 0 Å². The van der Waals surface area contributed by atoms with Gasteiger partial charge in [-0.05, 0) is 74.4 Å². The number of hydrogen-bond donors (Lipinski definition) is 1. The van der Waals surface area contributed by atoms with Gasteiger partial charge in [-0.2, -0.15) is 0 Å². The fourth-order valence-electron chi connectivity index (χ4n) is 3.00. The topological polar surface area (TPSA) is 82.6 Å². The highest BCUT2D eigenvalue weighted by Crippen LogP contribution is 2.21. The van der Waals surface area contributed by atoms with Gasteiger partial charge in [0.05, 0.1) is 18.8 Å². The molecular formula is C24H27N3O4. The van der Waals surface area contributed by atoms with E-state index in [0.717, 1.165) is 28.1 Å². The molecule has 3 rings (SSSR count). The molecule has 0 fully saturated rings. The number of rotatable bonds is 10. The number of nitrogens with zero attached hydrogens (tertiary/aromatic N) is 2. The summed E-state index contributed by atoms with van der Waals surface area (Å²) in [5.74, 6) is 1.70. The van der Waals surface area contributed by atoms with Gasteiger partial charge in [0.1, 0.15) is 18.1 Å². The zero-order valence-electron chi connectivity index (χ0n) is 18.1. The molecule has 7 nitrogen and oxygen atoms in total. The average molecular weight is 421 g/mol. The van der Waals surface area contributed by atoms with E-state index in [-0.39, 0.29) is 19.1 Å². The quantitative estimate of drug-likeness (QED) is 0.502. The molecule has 0 saturated carbocycles. The van der Waals surface area contributed by atoms with Crippen molar-refractivity contribution in [3.05, 3.63) is 65.7 Å². The molecule has 1 aromatic heterocycles. The Labute approximate surface area is 182 Å². The van der Waals surface area contributed by atoms with Crippen molar-refractivity contribution in [1.82, 2.24) is 15.5 Å². The lowest BCUT2D eigenvalue weighted by atomic mass is 10.1. The summed E-state index contributed by atoms with van der Waals surface area (Å²) in [7, 11) is 0. The van der Waals surface area contributed by atoms with Crippen LogP contribution < -0.4 is 19.5 Å². The Balaban J connectivity index is 1.38. The van der Waals surface area contributed by atoms with Crippen LogP contribution in [0.2, 0.25) is 0 Å². The smallest absolute Gasteiger partial charge is 0.258 e. The Morgan fingerprint density at radius 2 is 1.61 bits per heavy atom. The van der Waals surface area contributed by atoms with Gasteiger partial charge in [0.15, 0.2) is 6.61 Å². The van der Waals surface area contributed by atoms with E-state index in [9.17, 15) is 4.79 Å². The summed E-state index contributed by atoms with van der Waals surface area (Å²) in [6.45, 7) is 7.15. The lowest BCUT2D eigenvalue weighted by Crippen LogP contribution is -2.32. The highest BCUT2D eigenvalue weighted by atomic mass is 16.5. The molecule has 0 aliphatic heterocycles. The summed E-state index contributed by atoms with van der Waals surface area (Å²) in [6.07, 6.45) is 0. The number of hydrogen-bond acceptors (Lipinski definition) is 6. The van der Waals surface area contributed by atoms with Gasteiger partial charge >= 0.3 is 0 Å². The monoisotopic (exact) mass is 421 g/mol. The Hall–Kier alpha value is -3.61. The number of nitrogens with one attached hydrogen (secondary N) is 1. The first kappa shape index (κ1) is 22.1. The van der Waals surface area contributed by atoms with Crippen LogP contribution in [-0.4, -0.2) is 42.5 Å². The van der Waals surface area contributed by atoms with Gasteiger partial charge in [-0.15, -0.1) is 10.2 Å². The van der Waals surface area contributed by atoms with E-state index in [0.29, 0.717) is 24.8 Å². The summed E-state index contributed by atoms with van der Waals surface area (Å²) in [4.78, 5) is 11.9. The van der Waals surface area contributed by atoms with Gasteiger partial charge in [-0.1, -0.05) is 6.07 Å². The van der Waals surface area contributed by atoms with Crippen LogP contribution >= 0.6 is 0 Å². The predicted octanol–water partition coefficient (Wildman–Crippen LogP) is 3.73. The second-order valence-electron chi connectivity index (χ2n) is 7.02. The average Bonchev–Trinajstić information content (AvgIpc) is 2.76. The van der Waals surface area contributed by atoms with Crippen LogP contribution in [0.1, 0.15) is 18.1 Å². The maximum absolute atomic E-state index is 11.9. The summed E-state index contributed by atoms with van der Waals surface area (Å²) >= 11 is 0. The van der Waals surface area contributed by atoms with E-state index in [1.807, 2.05) is 63.2 Å². The lowest BCUT2D eigenvalue weighted by Gasteiger charge is -2.09. The number of carbonyl (C=O) groups excluding carboxylic acids is 1. The Bertz CT molecular complexity index is 968. The second-order valence-corrected chi connectivity index (χ2v) is 7.02. The summed E-state index contributed by atoms with van der Waals surface area (Å²) in [5, 5.41) is 11.0. The molecule has 0 spiro atoms. The molecule has 0 unspecified atom stereocenters. The SMILES string of the molecule is CCOc1ccc(-c2ccc(OCCNC(=O)COc3cc(C)cc(C)c3)nn2)cc1. The third-order valence-corrected chi connectivity index (χ3v) is 4.34. The van der Waals surface area contributed by atoms with Crippen LogP contribution in [0.3, 0.4) is 0 Å². The maximum Gasteiger partial charge on any atom is 0.258 e. The largest absolute Gasteiger partial charge is 0.494 e. The number of benzene rings is 2. The van der Waals surface area contributed by atoms with Crippen molar-refractivity contribution in [2.45, 2.75) is 20.8 Å².